The molecule has 2 saturated heterocycles. The lowest BCUT2D eigenvalue weighted by Crippen LogP contribution is -2.38. The van der Waals surface area contributed by atoms with Crippen LogP contribution in [0.5, 0.6) is 0 Å². The van der Waals surface area contributed by atoms with Crippen LogP contribution in [0.25, 0.3) is 0 Å². The minimum absolute atomic E-state index is 0.190. The fourth-order valence-electron chi connectivity index (χ4n) is 2.90. The summed E-state index contributed by atoms with van der Waals surface area (Å²) in [6.45, 7) is 4.06. The van der Waals surface area contributed by atoms with Gasteiger partial charge in [0.05, 0.1) is 37.7 Å². The Morgan fingerprint density at radius 2 is 2.12 bits per heavy atom. The molecule has 2 amide bonds. The molecule has 1 atom stereocenters. The van der Waals surface area contributed by atoms with Gasteiger partial charge in [-0.15, -0.1) is 0 Å². The monoisotopic (exact) mass is 337 g/mol. The molecule has 24 heavy (non-hydrogen) atoms. The van der Waals surface area contributed by atoms with Crippen molar-refractivity contribution in [1.29, 1.82) is 0 Å². The molecule has 0 aromatic heterocycles. The highest BCUT2D eigenvalue weighted by atomic mass is 19.1. The zero-order chi connectivity index (χ0) is 17.1. The molecule has 1 N–H and O–H groups in total. The second-order valence-corrected chi connectivity index (χ2v) is 5.76. The first-order chi connectivity index (χ1) is 11.6. The van der Waals surface area contributed by atoms with E-state index in [1.165, 1.54) is 17.9 Å². The Morgan fingerprint density at radius 3 is 2.83 bits per heavy atom. The molecule has 0 bridgehead atoms. The fraction of sp³-hybridized carbons (Fsp3) is 0.500. The molecule has 0 aliphatic carbocycles. The molecule has 2 aliphatic heterocycles. The first-order valence-electron chi connectivity index (χ1n) is 7.90. The molecule has 130 valence electrons. The third-order valence-electron chi connectivity index (χ3n) is 4.04. The van der Waals surface area contributed by atoms with E-state index < -0.39 is 12.2 Å². The summed E-state index contributed by atoms with van der Waals surface area (Å²) in [6.07, 6.45) is -0.993. The summed E-state index contributed by atoms with van der Waals surface area (Å²) in [5, 5.41) is 2.63. The topological polar surface area (TPSA) is 71.1 Å². The van der Waals surface area contributed by atoms with Crippen LogP contribution in [0.4, 0.5) is 20.6 Å². The zero-order valence-corrected chi connectivity index (χ0v) is 13.5. The van der Waals surface area contributed by atoms with Crippen LogP contribution in [0, 0.1) is 5.82 Å². The molecule has 7 nitrogen and oxygen atoms in total. The Morgan fingerprint density at radius 1 is 1.38 bits per heavy atom. The van der Waals surface area contributed by atoms with Gasteiger partial charge in [0, 0.05) is 20.0 Å². The largest absolute Gasteiger partial charge is 0.442 e. The van der Waals surface area contributed by atoms with E-state index in [1.807, 2.05) is 4.90 Å². The van der Waals surface area contributed by atoms with E-state index in [4.69, 9.17) is 9.47 Å². The van der Waals surface area contributed by atoms with Gasteiger partial charge in [-0.2, -0.15) is 0 Å². The normalized spacial score (nSPS) is 20.9. The molecule has 8 heteroatoms. The van der Waals surface area contributed by atoms with Crippen LogP contribution in [0.3, 0.4) is 0 Å². The van der Waals surface area contributed by atoms with Gasteiger partial charge in [0.1, 0.15) is 11.9 Å². The Balaban J connectivity index is 1.82. The number of hydrogen-bond donors (Lipinski definition) is 1. The summed E-state index contributed by atoms with van der Waals surface area (Å²) >= 11 is 0. The Bertz CT molecular complexity index is 634. The molecule has 0 saturated carbocycles. The lowest BCUT2D eigenvalue weighted by molar-refractivity contribution is -0.119. The second kappa shape index (κ2) is 7.04. The first kappa shape index (κ1) is 16.5. The number of halogens is 1. The van der Waals surface area contributed by atoms with E-state index in [1.54, 1.807) is 12.1 Å². The van der Waals surface area contributed by atoms with Crippen molar-refractivity contribution in [3.8, 4) is 0 Å². The molecule has 2 fully saturated rings. The standard InChI is InChI=1S/C16H20FN3O4/c1-11(21)18-9-12-10-20(16(22)24-12)14-4-2-3-13(17)15(14)19-5-7-23-8-6-19/h2-4,12H,5-10H2,1H3,(H,18,21)/t12-/m1/s1. The van der Waals surface area contributed by atoms with Crippen molar-refractivity contribution < 1.29 is 23.5 Å². The quantitative estimate of drug-likeness (QED) is 0.892. The third kappa shape index (κ3) is 3.43. The number of morpholine rings is 1. The van der Waals surface area contributed by atoms with Crippen LogP contribution in [-0.2, 0) is 14.3 Å². The van der Waals surface area contributed by atoms with Gasteiger partial charge in [-0.25, -0.2) is 9.18 Å². The van der Waals surface area contributed by atoms with Crippen molar-refractivity contribution in [2.45, 2.75) is 13.0 Å². The van der Waals surface area contributed by atoms with Crippen LogP contribution in [-0.4, -0.2) is 57.5 Å². The van der Waals surface area contributed by atoms with Crippen LogP contribution in [0.1, 0.15) is 6.92 Å². The zero-order valence-electron chi connectivity index (χ0n) is 13.5. The van der Waals surface area contributed by atoms with Gasteiger partial charge in [-0.3, -0.25) is 9.69 Å². The molecule has 1 aromatic carbocycles. The van der Waals surface area contributed by atoms with Crippen molar-refractivity contribution in [1.82, 2.24) is 5.32 Å². The number of hydrogen-bond acceptors (Lipinski definition) is 5. The summed E-state index contributed by atoms with van der Waals surface area (Å²) in [5.74, 6) is -0.572. The van der Waals surface area contributed by atoms with Crippen LogP contribution in [0.2, 0.25) is 0 Å². The van der Waals surface area contributed by atoms with Gasteiger partial charge in [0.25, 0.3) is 0 Å². The van der Waals surface area contributed by atoms with Gasteiger partial charge >= 0.3 is 6.09 Å². The Labute approximate surface area is 139 Å². The number of anilines is 2. The van der Waals surface area contributed by atoms with Gasteiger partial charge in [0.2, 0.25) is 5.91 Å². The second-order valence-electron chi connectivity index (χ2n) is 5.76. The average Bonchev–Trinajstić information content (AvgIpc) is 2.94. The number of nitrogens with zero attached hydrogens (tertiary/aromatic N) is 2. The summed E-state index contributed by atoms with van der Waals surface area (Å²) in [4.78, 5) is 26.5. The van der Waals surface area contributed by atoms with Crippen LogP contribution < -0.4 is 15.1 Å². The third-order valence-corrected chi connectivity index (χ3v) is 4.04. The number of carbonyl (C=O) groups is 2. The summed E-state index contributed by atoms with van der Waals surface area (Å²) in [6, 6.07) is 4.66. The fourth-order valence-corrected chi connectivity index (χ4v) is 2.90. The smallest absolute Gasteiger partial charge is 0.414 e. The number of cyclic esters (lactones) is 1. The number of carbonyl (C=O) groups excluding carboxylic acids is 2. The molecule has 2 aliphatic rings. The first-order valence-corrected chi connectivity index (χ1v) is 7.90. The Hall–Kier alpha value is -2.35. The van der Waals surface area contributed by atoms with Crippen molar-refractivity contribution >= 4 is 23.4 Å². The van der Waals surface area contributed by atoms with Gasteiger partial charge in [-0.05, 0) is 12.1 Å². The lowest BCUT2D eigenvalue weighted by atomic mass is 10.2. The highest BCUT2D eigenvalue weighted by Crippen LogP contribution is 2.35. The van der Waals surface area contributed by atoms with Crippen molar-refractivity contribution in [3.05, 3.63) is 24.0 Å². The molecule has 0 unspecified atom stereocenters. The molecule has 0 radical (unpaired) electrons. The predicted molar refractivity (Wildman–Crippen MR) is 85.7 cm³/mol. The molecule has 3 rings (SSSR count). The average molecular weight is 337 g/mol. The molecule has 0 spiro atoms. The van der Waals surface area contributed by atoms with Gasteiger partial charge in [-0.1, -0.05) is 6.07 Å². The minimum atomic E-state index is -0.537. The maximum atomic E-state index is 14.4. The van der Waals surface area contributed by atoms with Gasteiger partial charge in [0.15, 0.2) is 0 Å². The van der Waals surface area contributed by atoms with E-state index in [0.717, 1.165) is 0 Å². The van der Waals surface area contributed by atoms with Crippen LogP contribution >= 0.6 is 0 Å². The van der Waals surface area contributed by atoms with E-state index in [-0.39, 0.29) is 24.8 Å². The lowest BCUT2D eigenvalue weighted by Gasteiger charge is -2.32. The number of ether oxygens (including phenoxy) is 2. The van der Waals surface area contributed by atoms with Crippen molar-refractivity contribution in [2.24, 2.45) is 0 Å². The number of nitrogens with one attached hydrogen (secondary N) is 1. The number of para-hydroxylation sites is 1. The maximum Gasteiger partial charge on any atom is 0.414 e. The van der Waals surface area contributed by atoms with E-state index in [9.17, 15) is 14.0 Å². The number of benzene rings is 1. The highest BCUT2D eigenvalue weighted by Gasteiger charge is 2.35. The number of rotatable bonds is 4. The Kier molecular flexibility index (Phi) is 4.84. The van der Waals surface area contributed by atoms with Gasteiger partial charge < -0.3 is 19.7 Å². The summed E-state index contributed by atoms with van der Waals surface area (Å²) in [7, 11) is 0. The van der Waals surface area contributed by atoms with E-state index in [0.29, 0.717) is 37.7 Å². The highest BCUT2D eigenvalue weighted by molar-refractivity contribution is 5.94. The van der Waals surface area contributed by atoms with E-state index in [2.05, 4.69) is 5.32 Å². The van der Waals surface area contributed by atoms with Crippen LogP contribution in [0.15, 0.2) is 18.2 Å². The molecular formula is C16H20FN3O4. The summed E-state index contributed by atoms with van der Waals surface area (Å²) in [5.41, 5.74) is 0.866. The summed E-state index contributed by atoms with van der Waals surface area (Å²) < 4.78 is 25.0. The molecule has 1 aromatic rings. The SMILES string of the molecule is CC(=O)NC[C@@H]1CN(c2cccc(F)c2N2CCOCC2)C(=O)O1. The molecular weight excluding hydrogens is 317 g/mol. The number of amides is 2. The van der Waals surface area contributed by atoms with Crippen molar-refractivity contribution in [3.63, 3.8) is 0 Å². The van der Waals surface area contributed by atoms with E-state index >= 15 is 0 Å². The van der Waals surface area contributed by atoms with Crippen molar-refractivity contribution in [2.75, 3.05) is 49.2 Å². The minimum Gasteiger partial charge on any atom is -0.442 e. The predicted octanol–water partition coefficient (Wildman–Crippen LogP) is 1.12. The molecule has 2 heterocycles. The maximum absolute atomic E-state index is 14.4.